The van der Waals surface area contributed by atoms with E-state index in [0.717, 1.165) is 10.5 Å². The molecule has 35 heavy (non-hydrogen) atoms. The van der Waals surface area contributed by atoms with E-state index in [4.69, 9.17) is 24.7 Å². The molecule has 0 bridgehead atoms. The van der Waals surface area contributed by atoms with Crippen LogP contribution in [0, 0.1) is 21.6 Å². The summed E-state index contributed by atoms with van der Waals surface area (Å²) in [6, 6.07) is 9.84. The van der Waals surface area contributed by atoms with E-state index in [9.17, 15) is 20.5 Å². The first-order chi connectivity index (χ1) is 16.7. The van der Waals surface area contributed by atoms with Crippen LogP contribution in [-0.4, -0.2) is 60.2 Å². The number of nitrogens with two attached hydrogens (primary N) is 1. The molecule has 3 atom stereocenters. The summed E-state index contributed by atoms with van der Waals surface area (Å²) in [7, 11) is 4.31. The minimum Gasteiger partial charge on any atom is -0.497 e. The van der Waals surface area contributed by atoms with Crippen LogP contribution in [0.1, 0.15) is 24.1 Å². The molecule has 0 saturated heterocycles. The van der Waals surface area contributed by atoms with Crippen LogP contribution in [0.5, 0.6) is 11.5 Å². The lowest BCUT2D eigenvalue weighted by atomic mass is 9.83. The Hall–Kier alpha value is -3.92. The summed E-state index contributed by atoms with van der Waals surface area (Å²) in [6.45, 7) is 1.69. The van der Waals surface area contributed by atoms with Crippen molar-refractivity contribution >= 4 is 11.6 Å². The lowest BCUT2D eigenvalue weighted by Gasteiger charge is -2.47. The lowest BCUT2D eigenvalue weighted by molar-refractivity contribution is -0.385. The molecule has 186 valence electrons. The van der Waals surface area contributed by atoms with E-state index >= 15 is 0 Å². The molecule has 1 aliphatic heterocycles. The Morgan fingerprint density at radius 3 is 2.51 bits per heavy atom. The van der Waals surface area contributed by atoms with E-state index in [1.54, 1.807) is 38.3 Å². The summed E-state index contributed by atoms with van der Waals surface area (Å²) in [4.78, 5) is 16.1. The van der Waals surface area contributed by atoms with Gasteiger partial charge in [0.15, 0.2) is 18.1 Å². The Balaban J connectivity index is 2.05. The number of fused-ring (bicyclic) bond motifs is 1. The molecule has 1 heterocycles. The molecule has 0 aromatic heterocycles. The lowest BCUT2D eigenvalue weighted by Crippen LogP contribution is -2.62. The van der Waals surface area contributed by atoms with E-state index in [1.807, 2.05) is 6.19 Å². The van der Waals surface area contributed by atoms with Gasteiger partial charge in [0.05, 0.1) is 18.6 Å². The number of rotatable bonds is 8. The zero-order valence-corrected chi connectivity index (χ0v) is 19.7. The monoisotopic (exact) mass is 485 g/mol. The Morgan fingerprint density at radius 1 is 1.31 bits per heavy atom. The summed E-state index contributed by atoms with van der Waals surface area (Å²) in [5, 5.41) is 32.8. The number of nitriles is 1. The average molecular weight is 485 g/mol. The molecule has 3 unspecified atom stereocenters. The van der Waals surface area contributed by atoms with Crippen molar-refractivity contribution in [2.75, 3.05) is 21.3 Å². The molecule has 0 amide bonds. The second kappa shape index (κ2) is 10.6. The third-order valence-corrected chi connectivity index (χ3v) is 5.85. The maximum atomic E-state index is 11.4. The van der Waals surface area contributed by atoms with E-state index in [0.29, 0.717) is 5.75 Å². The standard InChI is InChI=1S/C23H27N5O7/c1-23(21(33-3)34-4)20(29)19(17-11-15(28(30)31)7-10-18(17)35-23)27(13-24)22(25)26-12-14-5-8-16(32-2)9-6-14/h5-11,19-21,29H,12H2,1-4H3,(H2,25,26). The number of hydrogen-bond acceptors (Lipinski definition) is 9. The summed E-state index contributed by atoms with van der Waals surface area (Å²) in [5.41, 5.74) is 5.45. The molecule has 3 N–H and O–H groups in total. The number of non-ortho nitro benzene ring substituents is 1. The highest BCUT2D eigenvalue weighted by molar-refractivity contribution is 5.80. The van der Waals surface area contributed by atoms with Crippen LogP contribution in [0.4, 0.5) is 5.69 Å². The second-order valence-corrected chi connectivity index (χ2v) is 7.95. The zero-order valence-electron chi connectivity index (χ0n) is 19.7. The number of nitro groups is 1. The highest BCUT2D eigenvalue weighted by Crippen LogP contribution is 2.46. The van der Waals surface area contributed by atoms with Gasteiger partial charge in [-0.05, 0) is 30.7 Å². The Kier molecular flexibility index (Phi) is 7.75. The van der Waals surface area contributed by atoms with Crippen LogP contribution < -0.4 is 15.2 Å². The van der Waals surface area contributed by atoms with Gasteiger partial charge in [0.25, 0.3) is 5.69 Å². The van der Waals surface area contributed by atoms with Crippen molar-refractivity contribution in [3.05, 3.63) is 63.7 Å². The van der Waals surface area contributed by atoms with Crippen molar-refractivity contribution in [3.8, 4) is 17.7 Å². The molecular formula is C23H27N5O7. The van der Waals surface area contributed by atoms with Gasteiger partial charge in [0, 0.05) is 31.9 Å². The number of guanidine groups is 1. The van der Waals surface area contributed by atoms with Crippen molar-refractivity contribution in [1.82, 2.24) is 4.90 Å². The molecule has 0 aliphatic carbocycles. The van der Waals surface area contributed by atoms with Gasteiger partial charge in [-0.1, -0.05) is 12.1 Å². The van der Waals surface area contributed by atoms with Gasteiger partial charge < -0.3 is 29.8 Å². The third-order valence-electron chi connectivity index (χ3n) is 5.85. The zero-order chi connectivity index (χ0) is 25.8. The highest BCUT2D eigenvalue weighted by atomic mass is 16.7. The van der Waals surface area contributed by atoms with Crippen molar-refractivity contribution in [2.45, 2.75) is 37.5 Å². The summed E-state index contributed by atoms with van der Waals surface area (Å²) in [5.74, 6) is 0.689. The Morgan fingerprint density at radius 2 is 1.97 bits per heavy atom. The van der Waals surface area contributed by atoms with E-state index < -0.39 is 29.0 Å². The third kappa shape index (κ3) is 4.97. The highest BCUT2D eigenvalue weighted by Gasteiger charge is 2.54. The molecular weight excluding hydrogens is 458 g/mol. The molecule has 1 aliphatic rings. The smallest absolute Gasteiger partial charge is 0.270 e. The number of ether oxygens (including phenoxy) is 4. The minimum atomic E-state index is -1.50. The fraction of sp³-hybridized carbons (Fsp3) is 0.391. The summed E-state index contributed by atoms with van der Waals surface area (Å²) in [6.07, 6.45) is -0.553. The largest absolute Gasteiger partial charge is 0.497 e. The first-order valence-corrected chi connectivity index (χ1v) is 10.5. The maximum Gasteiger partial charge on any atom is 0.270 e. The van der Waals surface area contributed by atoms with Gasteiger partial charge in [0.2, 0.25) is 5.96 Å². The fourth-order valence-electron chi connectivity index (χ4n) is 4.02. The molecule has 0 fully saturated rings. The van der Waals surface area contributed by atoms with Crippen molar-refractivity contribution in [1.29, 1.82) is 5.26 Å². The van der Waals surface area contributed by atoms with Crippen LogP contribution in [0.25, 0.3) is 0 Å². The van der Waals surface area contributed by atoms with Crippen molar-refractivity contribution in [2.24, 2.45) is 10.7 Å². The number of benzene rings is 2. The predicted octanol–water partition coefficient (Wildman–Crippen LogP) is 2.07. The average Bonchev–Trinajstić information content (AvgIpc) is 2.86. The van der Waals surface area contributed by atoms with Gasteiger partial charge in [-0.25, -0.2) is 9.89 Å². The first-order valence-electron chi connectivity index (χ1n) is 10.5. The van der Waals surface area contributed by atoms with Gasteiger partial charge in [-0.2, -0.15) is 5.26 Å². The van der Waals surface area contributed by atoms with Gasteiger partial charge >= 0.3 is 0 Å². The minimum absolute atomic E-state index is 0.144. The van der Waals surface area contributed by atoms with Gasteiger partial charge in [-0.15, -0.1) is 0 Å². The van der Waals surface area contributed by atoms with Crippen LogP contribution >= 0.6 is 0 Å². The molecule has 3 rings (SSSR count). The summed E-state index contributed by atoms with van der Waals surface area (Å²) >= 11 is 0. The topological polar surface area (TPSA) is 166 Å². The number of nitro benzene ring substituents is 1. The number of hydrogen-bond donors (Lipinski definition) is 2. The fourth-order valence-corrected chi connectivity index (χ4v) is 4.02. The number of aliphatic hydroxyl groups is 1. The van der Waals surface area contributed by atoms with Crippen LogP contribution in [0.15, 0.2) is 47.5 Å². The van der Waals surface area contributed by atoms with Crippen LogP contribution in [0.3, 0.4) is 0 Å². The Bertz CT molecular complexity index is 1130. The molecule has 0 radical (unpaired) electrons. The van der Waals surface area contributed by atoms with E-state index in [2.05, 4.69) is 4.99 Å². The molecule has 2 aromatic carbocycles. The van der Waals surface area contributed by atoms with Crippen LogP contribution in [-0.2, 0) is 16.0 Å². The number of aliphatic hydroxyl groups excluding tert-OH is 1. The Labute approximate surface area is 202 Å². The number of aliphatic imine (C=N–C) groups is 1. The number of nitrogens with zero attached hydrogens (tertiary/aromatic N) is 4. The molecule has 2 aromatic rings. The first kappa shape index (κ1) is 25.7. The SMILES string of the molecule is COc1ccc(CN=C(N)N(C#N)C2c3cc([N+](=O)[O-])ccc3OC(C)(C(OC)OC)C2O)cc1. The second-order valence-electron chi connectivity index (χ2n) is 7.95. The normalized spacial score (nSPS) is 21.6. The van der Waals surface area contributed by atoms with Crippen molar-refractivity contribution < 1.29 is 29.0 Å². The quantitative estimate of drug-likeness (QED) is 0.107. The molecule has 12 nitrogen and oxygen atoms in total. The van der Waals surface area contributed by atoms with Gasteiger partial charge in [0.1, 0.15) is 23.6 Å². The predicted molar refractivity (Wildman–Crippen MR) is 124 cm³/mol. The van der Waals surface area contributed by atoms with E-state index in [1.165, 1.54) is 32.4 Å². The van der Waals surface area contributed by atoms with Crippen molar-refractivity contribution in [3.63, 3.8) is 0 Å². The maximum absolute atomic E-state index is 11.4. The van der Waals surface area contributed by atoms with E-state index in [-0.39, 0.29) is 29.5 Å². The van der Waals surface area contributed by atoms with Crippen LogP contribution in [0.2, 0.25) is 0 Å². The van der Waals surface area contributed by atoms with Gasteiger partial charge in [-0.3, -0.25) is 10.1 Å². The molecule has 0 spiro atoms. The molecule has 12 heteroatoms. The molecule has 0 saturated carbocycles. The number of methoxy groups -OCH3 is 3. The summed E-state index contributed by atoms with van der Waals surface area (Å²) < 4.78 is 21.8.